The summed E-state index contributed by atoms with van der Waals surface area (Å²) in [5.74, 6) is 0. The van der Waals surface area contributed by atoms with E-state index in [-0.39, 0.29) is 0 Å². The maximum atomic E-state index is 4.28. The summed E-state index contributed by atoms with van der Waals surface area (Å²) in [4.78, 5) is 2.51. The molecule has 0 radical (unpaired) electrons. The summed E-state index contributed by atoms with van der Waals surface area (Å²) in [5, 5.41) is 7.69. The smallest absolute Gasteiger partial charge is 0.0537 e. The molecule has 1 atom stereocenters. The molecule has 1 saturated heterocycles. The van der Waals surface area contributed by atoms with Crippen molar-refractivity contribution in [2.24, 2.45) is 7.05 Å². The Labute approximate surface area is 91.3 Å². The van der Waals surface area contributed by atoms with Crippen LogP contribution in [0.25, 0.3) is 0 Å². The molecule has 0 bridgehead atoms. The molecule has 0 aromatic carbocycles. The highest BCUT2D eigenvalue weighted by molar-refractivity contribution is 5.15. The van der Waals surface area contributed by atoms with Crippen LogP contribution in [0.5, 0.6) is 0 Å². The van der Waals surface area contributed by atoms with Gasteiger partial charge in [0.1, 0.15) is 0 Å². The number of nitrogens with zero attached hydrogens (tertiary/aromatic N) is 3. The minimum Gasteiger partial charge on any atom is -0.314 e. The summed E-state index contributed by atoms with van der Waals surface area (Å²) in [6.07, 6.45) is 1.99. The quantitative estimate of drug-likeness (QED) is 0.769. The molecule has 1 fully saturated rings. The first kappa shape index (κ1) is 10.6. The Bertz CT molecular complexity index is 331. The van der Waals surface area contributed by atoms with E-state index in [2.05, 4.69) is 29.2 Å². The van der Waals surface area contributed by atoms with Crippen molar-refractivity contribution in [3.8, 4) is 0 Å². The SMILES string of the molecule is Cc1c(CN2CCNCC2C)cnn1C. The van der Waals surface area contributed by atoms with E-state index in [1.54, 1.807) is 0 Å². The Morgan fingerprint density at radius 1 is 1.60 bits per heavy atom. The van der Waals surface area contributed by atoms with Gasteiger partial charge in [-0.05, 0) is 13.8 Å². The van der Waals surface area contributed by atoms with Gasteiger partial charge in [-0.25, -0.2) is 0 Å². The highest BCUT2D eigenvalue weighted by Gasteiger charge is 2.19. The maximum absolute atomic E-state index is 4.28. The molecule has 0 saturated carbocycles. The fraction of sp³-hybridized carbons (Fsp3) is 0.727. The zero-order valence-corrected chi connectivity index (χ0v) is 9.82. The minimum atomic E-state index is 0.623. The van der Waals surface area contributed by atoms with E-state index in [0.717, 1.165) is 26.2 Å². The Hall–Kier alpha value is -0.870. The van der Waals surface area contributed by atoms with Gasteiger partial charge in [-0.2, -0.15) is 5.10 Å². The third kappa shape index (κ3) is 2.21. The third-order valence-electron chi connectivity index (χ3n) is 3.35. The number of hydrogen-bond acceptors (Lipinski definition) is 3. The molecule has 84 valence electrons. The number of rotatable bonds is 2. The molecule has 1 aliphatic heterocycles. The van der Waals surface area contributed by atoms with Crippen LogP contribution in [-0.4, -0.2) is 40.4 Å². The summed E-state index contributed by atoms with van der Waals surface area (Å²) in [6.45, 7) is 8.77. The van der Waals surface area contributed by atoms with Crippen LogP contribution in [0.2, 0.25) is 0 Å². The van der Waals surface area contributed by atoms with E-state index in [1.807, 2.05) is 17.9 Å². The predicted octanol–water partition coefficient (Wildman–Crippen LogP) is 0.522. The zero-order chi connectivity index (χ0) is 10.8. The summed E-state index contributed by atoms with van der Waals surface area (Å²) in [7, 11) is 2.00. The lowest BCUT2D eigenvalue weighted by Crippen LogP contribution is -2.49. The van der Waals surface area contributed by atoms with Gasteiger partial charge in [0.05, 0.1) is 6.20 Å². The van der Waals surface area contributed by atoms with Crippen LogP contribution in [0.1, 0.15) is 18.2 Å². The van der Waals surface area contributed by atoms with E-state index in [1.165, 1.54) is 11.3 Å². The molecule has 2 heterocycles. The topological polar surface area (TPSA) is 33.1 Å². The first-order valence-corrected chi connectivity index (χ1v) is 5.60. The summed E-state index contributed by atoms with van der Waals surface area (Å²) in [5.41, 5.74) is 2.63. The highest BCUT2D eigenvalue weighted by atomic mass is 15.3. The lowest BCUT2D eigenvalue weighted by atomic mass is 10.1. The Morgan fingerprint density at radius 3 is 3.00 bits per heavy atom. The molecule has 0 aliphatic carbocycles. The first-order chi connectivity index (χ1) is 7.18. The molecule has 1 aromatic rings. The van der Waals surface area contributed by atoms with Crippen LogP contribution in [0.15, 0.2) is 6.20 Å². The molecule has 4 nitrogen and oxygen atoms in total. The van der Waals surface area contributed by atoms with E-state index >= 15 is 0 Å². The maximum Gasteiger partial charge on any atom is 0.0537 e. The zero-order valence-electron chi connectivity index (χ0n) is 9.82. The van der Waals surface area contributed by atoms with Gasteiger partial charge in [-0.3, -0.25) is 9.58 Å². The molecule has 2 rings (SSSR count). The molecule has 15 heavy (non-hydrogen) atoms. The molecule has 1 aromatic heterocycles. The van der Waals surface area contributed by atoms with E-state index in [4.69, 9.17) is 0 Å². The second-order valence-electron chi connectivity index (χ2n) is 4.40. The lowest BCUT2D eigenvalue weighted by Gasteiger charge is -2.33. The average Bonchev–Trinajstić information content (AvgIpc) is 2.53. The molecule has 1 unspecified atom stereocenters. The van der Waals surface area contributed by atoms with Crippen molar-refractivity contribution in [1.82, 2.24) is 20.0 Å². The van der Waals surface area contributed by atoms with Crippen molar-refractivity contribution in [3.63, 3.8) is 0 Å². The van der Waals surface area contributed by atoms with Crippen molar-refractivity contribution in [2.45, 2.75) is 26.4 Å². The first-order valence-electron chi connectivity index (χ1n) is 5.60. The molecule has 0 spiro atoms. The number of aromatic nitrogens is 2. The van der Waals surface area contributed by atoms with Crippen LogP contribution in [0.3, 0.4) is 0 Å². The fourth-order valence-electron chi connectivity index (χ4n) is 2.04. The highest BCUT2D eigenvalue weighted by Crippen LogP contribution is 2.12. The van der Waals surface area contributed by atoms with Crippen LogP contribution in [0.4, 0.5) is 0 Å². The average molecular weight is 208 g/mol. The van der Waals surface area contributed by atoms with E-state index < -0.39 is 0 Å². The molecule has 1 N–H and O–H groups in total. The van der Waals surface area contributed by atoms with Crippen molar-refractivity contribution < 1.29 is 0 Å². The monoisotopic (exact) mass is 208 g/mol. The largest absolute Gasteiger partial charge is 0.314 e. The van der Waals surface area contributed by atoms with Crippen LogP contribution < -0.4 is 5.32 Å². The summed E-state index contributed by atoms with van der Waals surface area (Å²) < 4.78 is 1.95. The van der Waals surface area contributed by atoms with Gasteiger partial charge in [0.25, 0.3) is 0 Å². The number of nitrogens with one attached hydrogen (secondary N) is 1. The summed E-state index contributed by atoms with van der Waals surface area (Å²) >= 11 is 0. The van der Waals surface area contributed by atoms with E-state index in [0.29, 0.717) is 6.04 Å². The Kier molecular flexibility index (Phi) is 3.07. The van der Waals surface area contributed by atoms with Crippen molar-refractivity contribution in [3.05, 3.63) is 17.5 Å². The Morgan fingerprint density at radius 2 is 2.40 bits per heavy atom. The van der Waals surface area contributed by atoms with Crippen molar-refractivity contribution >= 4 is 0 Å². The number of aryl methyl sites for hydroxylation is 1. The van der Waals surface area contributed by atoms with Gasteiger partial charge in [0, 0.05) is 50.5 Å². The fourth-order valence-corrected chi connectivity index (χ4v) is 2.04. The molecule has 4 heteroatoms. The molecular formula is C11H20N4. The molecular weight excluding hydrogens is 188 g/mol. The second-order valence-corrected chi connectivity index (χ2v) is 4.40. The standard InChI is InChI=1S/C11H20N4/c1-9-6-12-4-5-15(9)8-11-7-13-14(3)10(11)2/h7,9,12H,4-6,8H2,1-3H3. The van der Waals surface area contributed by atoms with E-state index in [9.17, 15) is 0 Å². The molecule has 1 aliphatic rings. The van der Waals surface area contributed by atoms with Gasteiger partial charge in [-0.15, -0.1) is 0 Å². The number of piperazine rings is 1. The van der Waals surface area contributed by atoms with Gasteiger partial charge in [0.2, 0.25) is 0 Å². The number of hydrogen-bond donors (Lipinski definition) is 1. The summed E-state index contributed by atoms with van der Waals surface area (Å²) in [6, 6.07) is 0.623. The lowest BCUT2D eigenvalue weighted by molar-refractivity contribution is 0.165. The van der Waals surface area contributed by atoms with Gasteiger partial charge in [0.15, 0.2) is 0 Å². The van der Waals surface area contributed by atoms with Gasteiger partial charge < -0.3 is 5.32 Å². The van der Waals surface area contributed by atoms with Crippen LogP contribution >= 0.6 is 0 Å². The third-order valence-corrected chi connectivity index (χ3v) is 3.35. The van der Waals surface area contributed by atoms with Crippen molar-refractivity contribution in [1.29, 1.82) is 0 Å². The minimum absolute atomic E-state index is 0.623. The second kappa shape index (κ2) is 4.33. The molecule has 0 amide bonds. The predicted molar refractivity (Wildman–Crippen MR) is 60.7 cm³/mol. The van der Waals surface area contributed by atoms with Crippen LogP contribution in [-0.2, 0) is 13.6 Å². The normalized spacial score (nSPS) is 23.3. The van der Waals surface area contributed by atoms with Crippen molar-refractivity contribution in [2.75, 3.05) is 19.6 Å². The van der Waals surface area contributed by atoms with Crippen LogP contribution in [0, 0.1) is 6.92 Å². The van der Waals surface area contributed by atoms with Gasteiger partial charge >= 0.3 is 0 Å². The van der Waals surface area contributed by atoms with Gasteiger partial charge in [-0.1, -0.05) is 0 Å². The Balaban J connectivity index is 2.04.